The minimum atomic E-state index is 0.0578. The summed E-state index contributed by atoms with van der Waals surface area (Å²) in [6.45, 7) is 0.610. The Morgan fingerprint density at radius 1 is 1.00 bits per heavy atom. The lowest BCUT2D eigenvalue weighted by Crippen LogP contribution is -2.26. The first-order valence-electron chi connectivity index (χ1n) is 9.64. The Kier molecular flexibility index (Phi) is 3.98. The molecule has 0 radical (unpaired) electrons. The second-order valence-corrected chi connectivity index (χ2v) is 7.53. The molecule has 0 aliphatic heterocycles. The van der Waals surface area contributed by atoms with Gasteiger partial charge in [0.05, 0.1) is 0 Å². The lowest BCUT2D eigenvalue weighted by Gasteiger charge is -2.17. The van der Waals surface area contributed by atoms with Gasteiger partial charge in [0.2, 0.25) is 0 Å². The lowest BCUT2D eigenvalue weighted by atomic mass is 9.95. The van der Waals surface area contributed by atoms with E-state index in [1.54, 1.807) is 4.90 Å². The fourth-order valence-corrected chi connectivity index (χ4v) is 4.13. The van der Waals surface area contributed by atoms with Crippen molar-refractivity contribution in [3.05, 3.63) is 99.5 Å². The molecule has 0 unspecified atom stereocenters. The van der Waals surface area contributed by atoms with Crippen molar-refractivity contribution in [2.45, 2.75) is 13.0 Å². The van der Waals surface area contributed by atoms with Crippen molar-refractivity contribution in [3.63, 3.8) is 0 Å². The summed E-state index contributed by atoms with van der Waals surface area (Å²) in [5.74, 6) is 0.0578. The molecule has 0 fully saturated rings. The van der Waals surface area contributed by atoms with Crippen molar-refractivity contribution < 1.29 is 4.79 Å². The molecule has 0 atom stereocenters. The molecule has 2 nitrogen and oxygen atoms in total. The molecule has 0 spiro atoms. The van der Waals surface area contributed by atoms with Crippen molar-refractivity contribution in [2.24, 2.45) is 0 Å². The molecule has 2 aliphatic carbocycles. The van der Waals surface area contributed by atoms with Crippen molar-refractivity contribution in [1.29, 1.82) is 0 Å². The average molecular weight is 363 g/mol. The van der Waals surface area contributed by atoms with Crippen molar-refractivity contribution in [2.75, 3.05) is 7.05 Å². The van der Waals surface area contributed by atoms with E-state index in [9.17, 15) is 4.79 Å². The van der Waals surface area contributed by atoms with Gasteiger partial charge in [0, 0.05) is 19.2 Å². The topological polar surface area (TPSA) is 20.3 Å². The van der Waals surface area contributed by atoms with E-state index in [1.165, 1.54) is 21.6 Å². The molecular weight excluding hydrogens is 342 g/mol. The molecule has 3 aromatic carbocycles. The normalized spacial score (nSPS) is 14.0. The Morgan fingerprint density at radius 2 is 1.86 bits per heavy atom. The molecule has 0 aromatic heterocycles. The van der Waals surface area contributed by atoms with Gasteiger partial charge in [0.25, 0.3) is 5.91 Å². The zero-order valence-corrected chi connectivity index (χ0v) is 15.9. The third-order valence-electron chi connectivity index (χ3n) is 5.58. The maximum Gasteiger partial charge on any atom is 0.253 e. The minimum Gasteiger partial charge on any atom is -0.337 e. The molecular formula is C26H21NO. The first kappa shape index (κ1) is 16.8. The number of likely N-dealkylation sites (N-methyl/N-ethyl adjacent to an activating group) is 1. The van der Waals surface area contributed by atoms with Gasteiger partial charge in [-0.15, -0.1) is 0 Å². The second-order valence-electron chi connectivity index (χ2n) is 7.53. The fraction of sp³-hybridized carbons (Fsp3) is 0.115. The highest BCUT2D eigenvalue weighted by Crippen LogP contribution is 2.22. The number of rotatable bonds is 3. The summed E-state index contributed by atoms with van der Waals surface area (Å²) in [4.78, 5) is 14.7. The molecule has 0 saturated heterocycles. The number of amides is 1. The molecule has 0 saturated carbocycles. The molecule has 2 aliphatic rings. The molecule has 5 rings (SSSR count). The Balaban J connectivity index is 1.49. The molecule has 0 N–H and O–H groups in total. The quantitative estimate of drug-likeness (QED) is 0.697. The Labute approximate surface area is 164 Å². The number of hydrogen-bond acceptors (Lipinski definition) is 1. The first-order valence-corrected chi connectivity index (χ1v) is 9.64. The van der Waals surface area contributed by atoms with Crippen LogP contribution in [0.15, 0.2) is 72.3 Å². The van der Waals surface area contributed by atoms with Gasteiger partial charge in [-0.2, -0.15) is 0 Å². The SMILES string of the molecule is CN(Cc1ccccc1)C(=O)C1=Cc2cc3c4c(ccc3cc2=C1)=CC=CC4. The van der Waals surface area contributed by atoms with Crippen LogP contribution < -0.4 is 10.4 Å². The van der Waals surface area contributed by atoms with Gasteiger partial charge in [-0.25, -0.2) is 0 Å². The van der Waals surface area contributed by atoms with Gasteiger partial charge in [0.15, 0.2) is 0 Å². The van der Waals surface area contributed by atoms with E-state index in [2.05, 4.69) is 42.5 Å². The van der Waals surface area contributed by atoms with Crippen LogP contribution in [0, 0.1) is 0 Å². The van der Waals surface area contributed by atoms with E-state index < -0.39 is 0 Å². The maximum atomic E-state index is 13.0. The molecule has 0 bridgehead atoms. The number of carbonyl (C=O) groups excluding carboxylic acids is 1. The predicted octanol–water partition coefficient (Wildman–Crippen LogP) is 3.57. The summed E-state index contributed by atoms with van der Waals surface area (Å²) in [5.41, 5.74) is 4.39. The highest BCUT2D eigenvalue weighted by molar-refractivity contribution is 6.08. The average Bonchev–Trinajstić information content (AvgIpc) is 3.15. The third-order valence-corrected chi connectivity index (χ3v) is 5.58. The van der Waals surface area contributed by atoms with Crippen LogP contribution in [-0.2, 0) is 17.8 Å². The molecule has 3 aromatic rings. The van der Waals surface area contributed by atoms with Crippen LogP contribution in [0.25, 0.3) is 29.0 Å². The van der Waals surface area contributed by atoms with E-state index in [0.717, 1.165) is 28.3 Å². The minimum absolute atomic E-state index is 0.0578. The molecule has 136 valence electrons. The number of allylic oxidation sites excluding steroid dienone is 2. The Bertz CT molecular complexity index is 1280. The molecule has 1 amide bonds. The van der Waals surface area contributed by atoms with Gasteiger partial charge < -0.3 is 4.90 Å². The van der Waals surface area contributed by atoms with Gasteiger partial charge in [-0.05, 0) is 68.6 Å². The molecule has 28 heavy (non-hydrogen) atoms. The van der Waals surface area contributed by atoms with Crippen LogP contribution in [0.4, 0.5) is 0 Å². The maximum absolute atomic E-state index is 13.0. The summed E-state index contributed by atoms with van der Waals surface area (Å²) in [6.07, 6.45) is 11.5. The van der Waals surface area contributed by atoms with Crippen LogP contribution in [-0.4, -0.2) is 17.9 Å². The Morgan fingerprint density at radius 3 is 2.71 bits per heavy atom. The van der Waals surface area contributed by atoms with Crippen LogP contribution >= 0.6 is 0 Å². The standard InChI is InChI=1S/C26H21NO/c1-27(17-18-7-3-2-4-8-18)26(28)23-14-21-13-20-12-11-19-9-5-6-10-24(19)25(20)16-22(21)15-23/h2-9,11-16H,10,17H2,1H3. The smallest absolute Gasteiger partial charge is 0.253 e. The van der Waals surface area contributed by atoms with Crippen molar-refractivity contribution >= 4 is 34.9 Å². The summed E-state index contributed by atoms with van der Waals surface area (Å²) < 4.78 is 0. The van der Waals surface area contributed by atoms with E-state index in [-0.39, 0.29) is 5.91 Å². The largest absolute Gasteiger partial charge is 0.337 e. The predicted molar refractivity (Wildman–Crippen MR) is 116 cm³/mol. The number of benzene rings is 3. The van der Waals surface area contributed by atoms with Gasteiger partial charge in [0.1, 0.15) is 0 Å². The van der Waals surface area contributed by atoms with E-state index >= 15 is 0 Å². The second kappa shape index (κ2) is 6.65. The molecule has 2 heteroatoms. The number of hydrogen-bond donors (Lipinski definition) is 0. The van der Waals surface area contributed by atoms with Gasteiger partial charge in [-0.1, -0.05) is 60.7 Å². The first-order chi connectivity index (χ1) is 13.7. The Hall–Kier alpha value is -3.39. The highest BCUT2D eigenvalue weighted by atomic mass is 16.2. The van der Waals surface area contributed by atoms with Gasteiger partial charge >= 0.3 is 0 Å². The number of carbonyl (C=O) groups is 1. The van der Waals surface area contributed by atoms with E-state index in [1.807, 2.05) is 49.5 Å². The van der Waals surface area contributed by atoms with Crippen LogP contribution in [0.3, 0.4) is 0 Å². The van der Waals surface area contributed by atoms with Crippen molar-refractivity contribution in [1.82, 2.24) is 4.90 Å². The zero-order valence-electron chi connectivity index (χ0n) is 15.9. The summed E-state index contributed by atoms with van der Waals surface area (Å²) in [5, 5.41) is 4.93. The molecule has 0 heterocycles. The zero-order chi connectivity index (χ0) is 19.1. The van der Waals surface area contributed by atoms with E-state index in [0.29, 0.717) is 6.54 Å². The summed E-state index contributed by atoms with van der Waals surface area (Å²) >= 11 is 0. The number of nitrogens with zero attached hydrogens (tertiary/aromatic N) is 1. The highest BCUT2D eigenvalue weighted by Gasteiger charge is 2.18. The van der Waals surface area contributed by atoms with Crippen molar-refractivity contribution in [3.8, 4) is 0 Å². The van der Waals surface area contributed by atoms with E-state index in [4.69, 9.17) is 0 Å². The third kappa shape index (κ3) is 2.87. The van der Waals surface area contributed by atoms with Crippen LogP contribution in [0.2, 0.25) is 0 Å². The number of fused-ring (bicyclic) bond motifs is 4. The fourth-order valence-electron chi connectivity index (χ4n) is 4.13. The van der Waals surface area contributed by atoms with Gasteiger partial charge in [-0.3, -0.25) is 4.79 Å². The van der Waals surface area contributed by atoms with Crippen LogP contribution in [0.1, 0.15) is 16.7 Å². The van der Waals surface area contributed by atoms with Crippen LogP contribution in [0.5, 0.6) is 0 Å². The lowest BCUT2D eigenvalue weighted by molar-refractivity contribution is -0.125. The monoisotopic (exact) mass is 363 g/mol. The summed E-state index contributed by atoms with van der Waals surface area (Å²) in [6, 6.07) is 18.9. The summed E-state index contributed by atoms with van der Waals surface area (Å²) in [7, 11) is 1.86.